The van der Waals surface area contributed by atoms with Crippen LogP contribution >= 0.6 is 11.3 Å². The first kappa shape index (κ1) is 8.18. The van der Waals surface area contributed by atoms with Crippen LogP contribution in [0, 0.1) is 0 Å². The van der Waals surface area contributed by atoms with Crippen molar-refractivity contribution in [3.05, 3.63) is 41.4 Å². The third kappa shape index (κ3) is 1.46. The van der Waals surface area contributed by atoms with Gasteiger partial charge in [0.1, 0.15) is 5.01 Å². The average Bonchev–Trinajstić information content (AvgIpc) is 2.98. The number of nitrogens with zero attached hydrogens (tertiary/aromatic N) is 1. The van der Waals surface area contributed by atoms with E-state index in [0.717, 1.165) is 10.9 Å². The Morgan fingerprint density at radius 1 is 1.14 bits per heavy atom. The molecule has 1 nitrogen and oxygen atoms in total. The number of benzene rings is 1. The predicted octanol–water partition coefficient (Wildman–Crippen LogP) is 3.69. The average molecular weight is 201 g/mol. The molecule has 3 rings (SSSR count). The first-order valence-electron chi connectivity index (χ1n) is 4.94. The molecule has 0 N–H and O–H groups in total. The summed E-state index contributed by atoms with van der Waals surface area (Å²) < 4.78 is 0. The van der Waals surface area contributed by atoms with E-state index in [4.69, 9.17) is 0 Å². The summed E-state index contributed by atoms with van der Waals surface area (Å²) in [4.78, 5) is 5.93. The van der Waals surface area contributed by atoms with E-state index < -0.39 is 0 Å². The van der Waals surface area contributed by atoms with Crippen LogP contribution in [-0.4, -0.2) is 4.98 Å². The summed E-state index contributed by atoms with van der Waals surface area (Å²) in [6.45, 7) is 0. The lowest BCUT2D eigenvalue weighted by Gasteiger charge is -1.92. The second-order valence-corrected chi connectivity index (χ2v) is 4.77. The molecule has 0 spiro atoms. The normalized spacial score (nSPS) is 15.7. The van der Waals surface area contributed by atoms with Crippen LogP contribution in [0.25, 0.3) is 10.6 Å². The summed E-state index contributed by atoms with van der Waals surface area (Å²) in [5.41, 5.74) is 1.24. The number of rotatable bonds is 2. The second-order valence-electron chi connectivity index (χ2n) is 3.71. The first-order chi connectivity index (χ1) is 6.93. The molecule has 1 aliphatic rings. The Kier molecular flexibility index (Phi) is 1.88. The van der Waals surface area contributed by atoms with Gasteiger partial charge in [0.2, 0.25) is 0 Å². The summed E-state index contributed by atoms with van der Waals surface area (Å²) in [5, 5.41) is 1.16. The molecule has 2 aromatic rings. The molecular formula is C12H11NS. The molecule has 1 heterocycles. The number of hydrogen-bond donors (Lipinski definition) is 0. The zero-order valence-electron chi connectivity index (χ0n) is 7.81. The molecule has 1 aromatic heterocycles. The molecule has 0 amide bonds. The van der Waals surface area contributed by atoms with Gasteiger partial charge in [0.05, 0.1) is 0 Å². The van der Waals surface area contributed by atoms with Gasteiger partial charge >= 0.3 is 0 Å². The molecule has 0 aliphatic heterocycles. The van der Waals surface area contributed by atoms with Gasteiger partial charge < -0.3 is 0 Å². The van der Waals surface area contributed by atoms with Crippen molar-refractivity contribution in [2.75, 3.05) is 0 Å². The van der Waals surface area contributed by atoms with Gasteiger partial charge in [-0.3, -0.25) is 0 Å². The van der Waals surface area contributed by atoms with E-state index in [2.05, 4.69) is 29.2 Å². The zero-order valence-corrected chi connectivity index (χ0v) is 8.63. The van der Waals surface area contributed by atoms with Crippen molar-refractivity contribution in [1.82, 2.24) is 4.98 Å². The van der Waals surface area contributed by atoms with Crippen molar-refractivity contribution in [1.29, 1.82) is 0 Å². The standard InChI is InChI=1S/C12H11NS/c1-2-4-10(5-3-1)12-13-8-11(14-12)9-6-7-9/h1-5,8-9H,6-7H2. The number of hydrogen-bond acceptors (Lipinski definition) is 2. The van der Waals surface area contributed by atoms with Crippen LogP contribution in [0.2, 0.25) is 0 Å². The molecule has 2 heteroatoms. The molecule has 1 aliphatic carbocycles. The summed E-state index contributed by atoms with van der Waals surface area (Å²) in [7, 11) is 0. The van der Waals surface area contributed by atoms with Crippen LogP contribution in [0.15, 0.2) is 36.5 Å². The second kappa shape index (κ2) is 3.21. The smallest absolute Gasteiger partial charge is 0.123 e. The van der Waals surface area contributed by atoms with E-state index in [-0.39, 0.29) is 0 Å². The highest BCUT2D eigenvalue weighted by atomic mass is 32.1. The molecule has 1 aromatic carbocycles. The van der Waals surface area contributed by atoms with Crippen LogP contribution < -0.4 is 0 Å². The maximum absolute atomic E-state index is 4.47. The van der Waals surface area contributed by atoms with Crippen LogP contribution in [0.1, 0.15) is 23.6 Å². The summed E-state index contributed by atoms with van der Waals surface area (Å²) >= 11 is 1.85. The highest BCUT2D eigenvalue weighted by Crippen LogP contribution is 2.43. The van der Waals surface area contributed by atoms with Gasteiger partial charge in [-0.05, 0) is 18.8 Å². The Balaban J connectivity index is 1.96. The fraction of sp³-hybridized carbons (Fsp3) is 0.250. The van der Waals surface area contributed by atoms with E-state index >= 15 is 0 Å². The summed E-state index contributed by atoms with van der Waals surface area (Å²) in [6, 6.07) is 10.4. The van der Waals surface area contributed by atoms with Crippen LogP contribution in [-0.2, 0) is 0 Å². The SMILES string of the molecule is c1ccc(-c2ncc(C3CC3)s2)cc1. The molecule has 0 unspecified atom stereocenters. The number of aromatic nitrogens is 1. The Bertz CT molecular complexity index is 429. The van der Waals surface area contributed by atoms with Gasteiger partial charge in [-0.25, -0.2) is 4.98 Å². The molecule has 1 fully saturated rings. The molecule has 1 saturated carbocycles. The lowest BCUT2D eigenvalue weighted by Crippen LogP contribution is -1.71. The van der Waals surface area contributed by atoms with Crippen LogP contribution in [0.5, 0.6) is 0 Å². The lowest BCUT2D eigenvalue weighted by atomic mass is 10.2. The largest absolute Gasteiger partial charge is 0.244 e. The Morgan fingerprint density at radius 3 is 2.64 bits per heavy atom. The Hall–Kier alpha value is -1.15. The quantitative estimate of drug-likeness (QED) is 0.722. The van der Waals surface area contributed by atoms with E-state index in [1.165, 1.54) is 23.3 Å². The molecule has 0 radical (unpaired) electrons. The fourth-order valence-electron chi connectivity index (χ4n) is 1.56. The van der Waals surface area contributed by atoms with Crippen molar-refractivity contribution in [3.8, 4) is 10.6 Å². The maximum atomic E-state index is 4.47. The molecule has 0 atom stereocenters. The number of thiazole rings is 1. The van der Waals surface area contributed by atoms with Crippen molar-refractivity contribution >= 4 is 11.3 Å². The van der Waals surface area contributed by atoms with E-state index in [9.17, 15) is 0 Å². The van der Waals surface area contributed by atoms with E-state index in [0.29, 0.717) is 0 Å². The highest BCUT2D eigenvalue weighted by molar-refractivity contribution is 7.15. The Labute approximate surface area is 87.4 Å². The molecule has 0 saturated heterocycles. The van der Waals surface area contributed by atoms with E-state index in [1.54, 1.807) is 0 Å². The van der Waals surface area contributed by atoms with Crippen molar-refractivity contribution in [2.24, 2.45) is 0 Å². The monoisotopic (exact) mass is 201 g/mol. The molecule has 14 heavy (non-hydrogen) atoms. The first-order valence-corrected chi connectivity index (χ1v) is 5.76. The molecule has 70 valence electrons. The van der Waals surface area contributed by atoms with E-state index in [1.807, 2.05) is 23.6 Å². The zero-order chi connectivity index (χ0) is 9.38. The Morgan fingerprint density at radius 2 is 1.93 bits per heavy atom. The van der Waals surface area contributed by atoms with Gasteiger partial charge in [0, 0.05) is 16.6 Å². The lowest BCUT2D eigenvalue weighted by molar-refractivity contribution is 1.16. The van der Waals surface area contributed by atoms with Crippen molar-refractivity contribution in [2.45, 2.75) is 18.8 Å². The van der Waals surface area contributed by atoms with Crippen molar-refractivity contribution < 1.29 is 0 Å². The fourth-order valence-corrected chi connectivity index (χ4v) is 2.65. The van der Waals surface area contributed by atoms with Crippen LogP contribution in [0.4, 0.5) is 0 Å². The minimum atomic E-state index is 0.824. The maximum Gasteiger partial charge on any atom is 0.123 e. The topological polar surface area (TPSA) is 12.9 Å². The van der Waals surface area contributed by atoms with Gasteiger partial charge in [-0.1, -0.05) is 30.3 Å². The van der Waals surface area contributed by atoms with Gasteiger partial charge in [-0.2, -0.15) is 0 Å². The predicted molar refractivity (Wildman–Crippen MR) is 59.5 cm³/mol. The minimum Gasteiger partial charge on any atom is -0.244 e. The molecule has 0 bridgehead atoms. The summed E-state index contributed by atoms with van der Waals surface area (Å²) in [5.74, 6) is 0.824. The van der Waals surface area contributed by atoms with Crippen LogP contribution in [0.3, 0.4) is 0 Å². The third-order valence-corrected chi connectivity index (χ3v) is 3.73. The third-order valence-electron chi connectivity index (χ3n) is 2.52. The van der Waals surface area contributed by atoms with Gasteiger partial charge in [0.25, 0.3) is 0 Å². The van der Waals surface area contributed by atoms with Gasteiger partial charge in [-0.15, -0.1) is 11.3 Å². The minimum absolute atomic E-state index is 0.824. The van der Waals surface area contributed by atoms with Crippen molar-refractivity contribution in [3.63, 3.8) is 0 Å². The van der Waals surface area contributed by atoms with Gasteiger partial charge in [0.15, 0.2) is 0 Å². The highest BCUT2D eigenvalue weighted by Gasteiger charge is 2.25. The summed E-state index contributed by atoms with van der Waals surface area (Å²) in [6.07, 6.45) is 4.76. The molecular weight excluding hydrogens is 190 g/mol.